The molecule has 1 aromatic heterocycles. The Bertz CT molecular complexity index is 393. The average molecular weight is 265 g/mol. The van der Waals surface area contributed by atoms with E-state index in [0.717, 1.165) is 44.1 Å². The van der Waals surface area contributed by atoms with Gasteiger partial charge in [0.15, 0.2) is 0 Å². The van der Waals surface area contributed by atoms with Crippen LogP contribution in [0.5, 0.6) is 0 Å². The van der Waals surface area contributed by atoms with Gasteiger partial charge in [-0.15, -0.1) is 0 Å². The van der Waals surface area contributed by atoms with E-state index in [-0.39, 0.29) is 0 Å². The summed E-state index contributed by atoms with van der Waals surface area (Å²) in [6.07, 6.45) is 5.64. The summed E-state index contributed by atoms with van der Waals surface area (Å²) >= 11 is 0. The second kappa shape index (κ2) is 7.25. The summed E-state index contributed by atoms with van der Waals surface area (Å²) in [5.74, 6) is 7.72. The number of aryl methyl sites for hydroxylation is 1. The van der Waals surface area contributed by atoms with Crippen LogP contribution in [0.4, 0.5) is 11.6 Å². The van der Waals surface area contributed by atoms with Crippen molar-refractivity contribution in [3.8, 4) is 0 Å². The van der Waals surface area contributed by atoms with Crippen molar-refractivity contribution in [2.45, 2.75) is 45.1 Å². The number of rotatable bonds is 7. The molecule has 0 aromatic carbocycles. The predicted octanol–water partition coefficient (Wildman–Crippen LogP) is 1.70. The summed E-state index contributed by atoms with van der Waals surface area (Å²) in [4.78, 5) is 8.79. The number of aromatic nitrogens is 2. The monoisotopic (exact) mass is 265 g/mol. The second-order valence-electron chi connectivity index (χ2n) is 4.80. The number of nitrogens with two attached hydrogens (primary N) is 1. The van der Waals surface area contributed by atoms with Crippen molar-refractivity contribution in [1.82, 2.24) is 9.97 Å². The van der Waals surface area contributed by atoms with E-state index >= 15 is 0 Å². The molecule has 1 atom stereocenters. The van der Waals surface area contributed by atoms with Gasteiger partial charge in [-0.1, -0.05) is 6.92 Å². The predicted molar refractivity (Wildman–Crippen MR) is 75.9 cm³/mol. The Labute approximate surface area is 114 Å². The first-order chi connectivity index (χ1) is 9.31. The molecule has 1 fully saturated rings. The van der Waals surface area contributed by atoms with E-state index in [4.69, 9.17) is 10.6 Å². The maximum atomic E-state index is 5.59. The van der Waals surface area contributed by atoms with Gasteiger partial charge in [-0.2, -0.15) is 0 Å². The maximum Gasteiger partial charge on any atom is 0.145 e. The smallest absolute Gasteiger partial charge is 0.145 e. The molecule has 0 radical (unpaired) electrons. The highest BCUT2D eigenvalue weighted by Crippen LogP contribution is 2.16. The molecule has 6 nitrogen and oxygen atoms in total. The van der Waals surface area contributed by atoms with Crippen LogP contribution in [0.3, 0.4) is 0 Å². The third-order valence-electron chi connectivity index (χ3n) is 3.19. The van der Waals surface area contributed by atoms with Gasteiger partial charge in [0, 0.05) is 25.6 Å². The zero-order valence-corrected chi connectivity index (χ0v) is 11.5. The van der Waals surface area contributed by atoms with Gasteiger partial charge >= 0.3 is 0 Å². The fraction of sp³-hybridized carbons (Fsp3) is 0.692. The van der Waals surface area contributed by atoms with Crippen LogP contribution in [0.25, 0.3) is 0 Å². The lowest BCUT2D eigenvalue weighted by Gasteiger charge is -2.12. The highest BCUT2D eigenvalue weighted by Gasteiger charge is 2.14. The Morgan fingerprint density at radius 3 is 2.95 bits per heavy atom. The fourth-order valence-corrected chi connectivity index (χ4v) is 2.23. The quantitative estimate of drug-likeness (QED) is 0.514. The Kier molecular flexibility index (Phi) is 5.35. The molecule has 106 valence electrons. The Balaban J connectivity index is 1.88. The number of hydrazine groups is 1. The van der Waals surface area contributed by atoms with Crippen LogP contribution in [-0.4, -0.2) is 29.2 Å². The van der Waals surface area contributed by atoms with Crippen LogP contribution in [0.1, 0.15) is 38.4 Å². The van der Waals surface area contributed by atoms with E-state index < -0.39 is 0 Å². The molecule has 1 unspecified atom stereocenters. The van der Waals surface area contributed by atoms with Gasteiger partial charge in [0.05, 0.1) is 6.10 Å². The molecule has 2 rings (SSSR count). The number of nitrogen functional groups attached to an aromatic ring is 1. The number of nitrogens with one attached hydrogen (secondary N) is 2. The first kappa shape index (κ1) is 14.0. The third kappa shape index (κ3) is 4.33. The van der Waals surface area contributed by atoms with E-state index in [9.17, 15) is 0 Å². The van der Waals surface area contributed by atoms with Gasteiger partial charge in [0.1, 0.15) is 17.5 Å². The molecular formula is C13H23N5O. The number of hydrogen-bond donors (Lipinski definition) is 3. The molecule has 6 heteroatoms. The largest absolute Gasteiger partial charge is 0.378 e. The molecule has 0 bridgehead atoms. The van der Waals surface area contributed by atoms with E-state index in [1.807, 2.05) is 6.07 Å². The average Bonchev–Trinajstić information content (AvgIpc) is 2.92. The highest BCUT2D eigenvalue weighted by molar-refractivity contribution is 5.46. The summed E-state index contributed by atoms with van der Waals surface area (Å²) in [6.45, 7) is 3.87. The van der Waals surface area contributed by atoms with E-state index in [0.29, 0.717) is 11.9 Å². The summed E-state index contributed by atoms with van der Waals surface area (Å²) < 4.78 is 5.59. The molecule has 1 aliphatic rings. The van der Waals surface area contributed by atoms with Crippen molar-refractivity contribution >= 4 is 11.6 Å². The van der Waals surface area contributed by atoms with Crippen LogP contribution in [0.15, 0.2) is 6.07 Å². The Hall–Kier alpha value is -1.40. The molecule has 1 saturated heterocycles. The molecule has 19 heavy (non-hydrogen) atoms. The number of nitrogens with zero attached hydrogens (tertiary/aromatic N) is 2. The summed E-state index contributed by atoms with van der Waals surface area (Å²) in [5.41, 5.74) is 2.58. The number of ether oxygens (including phenoxy) is 1. The van der Waals surface area contributed by atoms with Crippen molar-refractivity contribution < 1.29 is 4.74 Å². The van der Waals surface area contributed by atoms with Crippen molar-refractivity contribution in [3.63, 3.8) is 0 Å². The minimum atomic E-state index is 0.400. The third-order valence-corrected chi connectivity index (χ3v) is 3.19. The minimum Gasteiger partial charge on any atom is -0.378 e. The van der Waals surface area contributed by atoms with Gasteiger partial charge < -0.3 is 15.5 Å². The van der Waals surface area contributed by atoms with Crippen molar-refractivity contribution in [2.24, 2.45) is 5.84 Å². The van der Waals surface area contributed by atoms with Crippen LogP contribution < -0.4 is 16.6 Å². The van der Waals surface area contributed by atoms with Gasteiger partial charge in [-0.3, -0.25) is 0 Å². The first-order valence-electron chi connectivity index (χ1n) is 7.02. The number of anilines is 2. The van der Waals surface area contributed by atoms with Crippen molar-refractivity contribution in [2.75, 3.05) is 23.9 Å². The van der Waals surface area contributed by atoms with Crippen LogP contribution in [0.2, 0.25) is 0 Å². The standard InChI is InChI=1S/C13H23N5O/c1-2-4-11-16-12(9-13(17-11)18-14)15-7-6-10-5-3-8-19-10/h9-10H,2-8,14H2,1H3,(H2,15,16,17,18). The lowest BCUT2D eigenvalue weighted by atomic mass is 10.2. The summed E-state index contributed by atoms with van der Waals surface area (Å²) in [5, 5.41) is 3.32. The Morgan fingerprint density at radius 2 is 2.26 bits per heavy atom. The van der Waals surface area contributed by atoms with E-state index in [1.54, 1.807) is 0 Å². The van der Waals surface area contributed by atoms with Gasteiger partial charge in [-0.25, -0.2) is 15.8 Å². The zero-order valence-electron chi connectivity index (χ0n) is 11.5. The molecule has 1 aliphatic heterocycles. The molecule has 4 N–H and O–H groups in total. The fourth-order valence-electron chi connectivity index (χ4n) is 2.23. The highest BCUT2D eigenvalue weighted by atomic mass is 16.5. The van der Waals surface area contributed by atoms with Crippen LogP contribution in [0, 0.1) is 0 Å². The maximum absolute atomic E-state index is 5.59. The molecule has 0 saturated carbocycles. The molecule has 0 amide bonds. The minimum absolute atomic E-state index is 0.400. The van der Waals surface area contributed by atoms with Gasteiger partial charge in [-0.05, 0) is 25.7 Å². The normalized spacial score (nSPS) is 18.5. The van der Waals surface area contributed by atoms with Crippen LogP contribution in [-0.2, 0) is 11.2 Å². The summed E-state index contributed by atoms with van der Waals surface area (Å²) in [7, 11) is 0. The summed E-state index contributed by atoms with van der Waals surface area (Å²) in [6, 6.07) is 1.83. The topological polar surface area (TPSA) is 85.1 Å². The molecule has 2 heterocycles. The molecular weight excluding hydrogens is 242 g/mol. The second-order valence-corrected chi connectivity index (χ2v) is 4.80. The zero-order chi connectivity index (χ0) is 13.5. The van der Waals surface area contributed by atoms with Gasteiger partial charge in [0.25, 0.3) is 0 Å². The lowest BCUT2D eigenvalue weighted by molar-refractivity contribution is 0.107. The Morgan fingerprint density at radius 1 is 1.42 bits per heavy atom. The van der Waals surface area contributed by atoms with Crippen molar-refractivity contribution in [3.05, 3.63) is 11.9 Å². The molecule has 0 aliphatic carbocycles. The van der Waals surface area contributed by atoms with Gasteiger partial charge in [0.2, 0.25) is 0 Å². The molecule has 0 spiro atoms. The van der Waals surface area contributed by atoms with Crippen LogP contribution >= 0.6 is 0 Å². The first-order valence-corrected chi connectivity index (χ1v) is 7.02. The lowest BCUT2D eigenvalue weighted by Crippen LogP contribution is -2.15. The SMILES string of the molecule is CCCc1nc(NN)cc(NCCC2CCCO2)n1. The molecule has 1 aromatic rings. The van der Waals surface area contributed by atoms with E-state index in [1.165, 1.54) is 12.8 Å². The number of hydrogen-bond acceptors (Lipinski definition) is 6. The van der Waals surface area contributed by atoms with Crippen molar-refractivity contribution in [1.29, 1.82) is 0 Å². The van der Waals surface area contributed by atoms with E-state index in [2.05, 4.69) is 27.6 Å².